The number of nitrogens with one attached hydrogen (secondary N) is 1. The number of carbonyl (C=O) groups is 1. The van der Waals surface area contributed by atoms with Gasteiger partial charge in [-0.15, -0.1) is 0 Å². The smallest absolute Gasteiger partial charge is 0.407 e. The molecule has 0 spiro atoms. The molecular weight excluding hydrogens is 290 g/mol. The van der Waals surface area contributed by atoms with Gasteiger partial charge in [-0.1, -0.05) is 60.7 Å². The number of hydrogen-bond donors (Lipinski definition) is 1. The van der Waals surface area contributed by atoms with Crippen LogP contribution in [0.15, 0.2) is 60.7 Å². The molecule has 3 rings (SSSR count). The van der Waals surface area contributed by atoms with E-state index in [0.29, 0.717) is 13.2 Å². The summed E-state index contributed by atoms with van der Waals surface area (Å²) in [5.74, 6) is 0.161. The zero-order valence-electron chi connectivity index (χ0n) is 13.0. The molecule has 0 radical (unpaired) electrons. The molecule has 0 saturated carbocycles. The maximum atomic E-state index is 12.1. The Labute approximate surface area is 136 Å². The minimum atomic E-state index is -0.373. The van der Waals surface area contributed by atoms with Crippen molar-refractivity contribution in [3.05, 3.63) is 71.8 Å². The molecule has 2 aromatic carbocycles. The lowest BCUT2D eigenvalue weighted by Crippen LogP contribution is -2.44. The van der Waals surface area contributed by atoms with Crippen LogP contribution in [0.5, 0.6) is 0 Å². The van der Waals surface area contributed by atoms with Gasteiger partial charge in [0.1, 0.15) is 6.61 Å². The summed E-state index contributed by atoms with van der Waals surface area (Å²) in [6, 6.07) is 19.9. The van der Waals surface area contributed by atoms with E-state index >= 15 is 0 Å². The minimum absolute atomic E-state index is 0.0365. The Morgan fingerprint density at radius 1 is 1.09 bits per heavy atom. The van der Waals surface area contributed by atoms with Gasteiger partial charge in [0.2, 0.25) is 0 Å². The van der Waals surface area contributed by atoms with Crippen molar-refractivity contribution in [3.63, 3.8) is 0 Å². The first kappa shape index (κ1) is 15.6. The summed E-state index contributed by atoms with van der Waals surface area (Å²) in [6.07, 6.45) is 0.418. The molecule has 2 aromatic rings. The van der Waals surface area contributed by atoms with Crippen molar-refractivity contribution in [2.75, 3.05) is 13.2 Å². The largest absolute Gasteiger partial charge is 0.445 e. The van der Waals surface area contributed by atoms with Gasteiger partial charge in [-0.2, -0.15) is 0 Å². The van der Waals surface area contributed by atoms with Crippen molar-refractivity contribution in [1.29, 1.82) is 0 Å². The van der Waals surface area contributed by atoms with Gasteiger partial charge >= 0.3 is 6.09 Å². The highest BCUT2D eigenvalue weighted by Crippen LogP contribution is 2.25. The Bertz CT molecular complexity index is 615. The molecule has 120 valence electrons. The van der Waals surface area contributed by atoms with E-state index < -0.39 is 0 Å². The van der Waals surface area contributed by atoms with E-state index in [4.69, 9.17) is 9.47 Å². The lowest BCUT2D eigenvalue weighted by Gasteiger charge is -2.32. The standard InChI is InChI=1S/C19H21NO3/c21-19(23-13-15-7-3-1-4-8-15)20-18-11-12-22-14-17(18)16-9-5-2-6-10-16/h1-10,17-18H,11-14H2,(H,20,21)/t17-,18+/m0/s1. The second-order valence-corrected chi connectivity index (χ2v) is 5.69. The van der Waals surface area contributed by atoms with Gasteiger partial charge in [-0.25, -0.2) is 4.79 Å². The first-order valence-electron chi connectivity index (χ1n) is 7.93. The highest BCUT2D eigenvalue weighted by Gasteiger charge is 2.28. The molecule has 1 saturated heterocycles. The van der Waals surface area contributed by atoms with Crippen molar-refractivity contribution in [2.24, 2.45) is 0 Å². The fraction of sp³-hybridized carbons (Fsp3) is 0.316. The summed E-state index contributed by atoms with van der Waals surface area (Å²) < 4.78 is 10.9. The third-order valence-electron chi connectivity index (χ3n) is 4.10. The van der Waals surface area contributed by atoms with Gasteiger partial charge in [0.15, 0.2) is 0 Å². The number of ether oxygens (including phenoxy) is 2. The molecule has 1 N–H and O–H groups in total. The topological polar surface area (TPSA) is 47.6 Å². The van der Waals surface area contributed by atoms with Gasteiger partial charge in [-0.05, 0) is 17.5 Å². The monoisotopic (exact) mass is 311 g/mol. The normalized spacial score (nSPS) is 20.7. The van der Waals surface area contributed by atoms with Crippen molar-refractivity contribution in [3.8, 4) is 0 Å². The highest BCUT2D eigenvalue weighted by atomic mass is 16.5. The van der Waals surface area contributed by atoms with Crippen LogP contribution in [-0.2, 0) is 16.1 Å². The van der Waals surface area contributed by atoms with Crippen molar-refractivity contribution in [2.45, 2.75) is 25.0 Å². The third-order valence-corrected chi connectivity index (χ3v) is 4.10. The molecule has 1 aliphatic rings. The predicted molar refractivity (Wildman–Crippen MR) is 88.2 cm³/mol. The molecule has 1 heterocycles. The van der Waals surface area contributed by atoms with Crippen LogP contribution in [0.3, 0.4) is 0 Å². The summed E-state index contributed by atoms with van der Waals surface area (Å²) in [4.78, 5) is 12.1. The first-order chi connectivity index (χ1) is 11.3. The number of rotatable bonds is 4. The number of amides is 1. The molecule has 23 heavy (non-hydrogen) atoms. The Balaban J connectivity index is 1.57. The fourth-order valence-corrected chi connectivity index (χ4v) is 2.86. The molecule has 0 aromatic heterocycles. The molecular formula is C19H21NO3. The van der Waals surface area contributed by atoms with E-state index in [2.05, 4.69) is 17.4 Å². The van der Waals surface area contributed by atoms with Crippen molar-refractivity contribution >= 4 is 6.09 Å². The first-order valence-corrected chi connectivity index (χ1v) is 7.93. The number of benzene rings is 2. The minimum Gasteiger partial charge on any atom is -0.445 e. The van der Waals surface area contributed by atoms with Crippen molar-refractivity contribution < 1.29 is 14.3 Å². The zero-order chi connectivity index (χ0) is 15.9. The second kappa shape index (κ2) is 7.79. The molecule has 1 amide bonds. The quantitative estimate of drug-likeness (QED) is 0.940. The molecule has 1 aliphatic heterocycles. The second-order valence-electron chi connectivity index (χ2n) is 5.69. The molecule has 1 fully saturated rings. The number of carbonyl (C=O) groups excluding carboxylic acids is 1. The maximum absolute atomic E-state index is 12.1. The fourth-order valence-electron chi connectivity index (χ4n) is 2.86. The van der Waals surface area contributed by atoms with E-state index in [9.17, 15) is 4.79 Å². The molecule has 0 aliphatic carbocycles. The molecule has 4 heteroatoms. The van der Waals surface area contributed by atoms with E-state index in [0.717, 1.165) is 12.0 Å². The maximum Gasteiger partial charge on any atom is 0.407 e. The average molecular weight is 311 g/mol. The van der Waals surface area contributed by atoms with Crippen LogP contribution in [-0.4, -0.2) is 25.3 Å². The summed E-state index contributed by atoms with van der Waals surface area (Å²) >= 11 is 0. The number of hydrogen-bond acceptors (Lipinski definition) is 3. The lowest BCUT2D eigenvalue weighted by atomic mass is 9.89. The molecule has 0 bridgehead atoms. The van der Waals surface area contributed by atoms with E-state index in [1.165, 1.54) is 5.56 Å². The lowest BCUT2D eigenvalue weighted by molar-refractivity contribution is 0.0560. The van der Waals surface area contributed by atoms with Crippen molar-refractivity contribution in [1.82, 2.24) is 5.32 Å². The van der Waals surface area contributed by atoms with Crippen LogP contribution >= 0.6 is 0 Å². The van der Waals surface area contributed by atoms with E-state index in [-0.39, 0.29) is 24.7 Å². The summed E-state index contributed by atoms with van der Waals surface area (Å²) in [6.45, 7) is 1.56. The molecule has 0 unspecified atom stereocenters. The Kier molecular flexibility index (Phi) is 5.27. The van der Waals surface area contributed by atoms with Crippen LogP contribution < -0.4 is 5.32 Å². The molecule has 2 atom stereocenters. The predicted octanol–water partition coefficient (Wildman–Crippen LogP) is 3.49. The van der Waals surface area contributed by atoms with Crippen LogP contribution in [0.1, 0.15) is 23.5 Å². The highest BCUT2D eigenvalue weighted by molar-refractivity contribution is 5.67. The Morgan fingerprint density at radius 2 is 1.78 bits per heavy atom. The van der Waals surface area contributed by atoms with Crippen LogP contribution in [0.25, 0.3) is 0 Å². The number of alkyl carbamates (subject to hydrolysis) is 1. The van der Waals surface area contributed by atoms with Crippen LogP contribution in [0.2, 0.25) is 0 Å². The third kappa shape index (κ3) is 4.33. The Morgan fingerprint density at radius 3 is 2.52 bits per heavy atom. The molecule has 4 nitrogen and oxygen atoms in total. The van der Waals surface area contributed by atoms with Crippen LogP contribution in [0, 0.1) is 0 Å². The average Bonchev–Trinajstić information content (AvgIpc) is 2.62. The zero-order valence-corrected chi connectivity index (χ0v) is 13.0. The van der Waals surface area contributed by atoms with Gasteiger partial charge in [0.05, 0.1) is 6.61 Å². The summed E-state index contributed by atoms with van der Waals surface area (Å²) in [5.41, 5.74) is 2.16. The van der Waals surface area contributed by atoms with E-state index in [1.807, 2.05) is 48.5 Å². The van der Waals surface area contributed by atoms with Gasteiger partial charge < -0.3 is 14.8 Å². The SMILES string of the molecule is O=C(N[C@@H]1CCOC[C@H]1c1ccccc1)OCc1ccccc1. The Hall–Kier alpha value is -2.33. The van der Waals surface area contributed by atoms with Gasteiger partial charge in [0, 0.05) is 18.6 Å². The summed E-state index contributed by atoms with van der Waals surface area (Å²) in [7, 11) is 0. The summed E-state index contributed by atoms with van der Waals surface area (Å²) in [5, 5.41) is 3.00. The van der Waals surface area contributed by atoms with Gasteiger partial charge in [-0.3, -0.25) is 0 Å². The van der Waals surface area contributed by atoms with E-state index in [1.54, 1.807) is 0 Å². The van der Waals surface area contributed by atoms with Crippen LogP contribution in [0.4, 0.5) is 4.79 Å². The van der Waals surface area contributed by atoms with Gasteiger partial charge in [0.25, 0.3) is 0 Å².